The first-order chi connectivity index (χ1) is 8.14. The highest BCUT2D eigenvalue weighted by Crippen LogP contribution is 2.35. The number of hydrogen-bond acceptors (Lipinski definition) is 1. The third kappa shape index (κ3) is 6.70. The summed E-state index contributed by atoms with van der Waals surface area (Å²) in [7, 11) is 0. The molecule has 1 unspecified atom stereocenters. The predicted octanol–water partition coefficient (Wildman–Crippen LogP) is 4.29. The van der Waals surface area contributed by atoms with E-state index >= 15 is 0 Å². The van der Waals surface area contributed by atoms with Gasteiger partial charge in [0.15, 0.2) is 0 Å². The first kappa shape index (κ1) is 16.5. The van der Waals surface area contributed by atoms with E-state index in [0.29, 0.717) is 5.41 Å². The average molecular weight is 241 g/mol. The Morgan fingerprint density at radius 3 is 1.94 bits per heavy atom. The Balaban J connectivity index is 0.000000437. The van der Waals surface area contributed by atoms with Gasteiger partial charge in [0.1, 0.15) is 0 Å². The molecular weight excluding hydrogens is 210 g/mol. The fourth-order valence-corrected chi connectivity index (χ4v) is 2.26. The Kier molecular flexibility index (Phi) is 9.20. The molecule has 1 saturated heterocycles. The van der Waals surface area contributed by atoms with Crippen LogP contribution < -0.4 is 5.32 Å². The zero-order valence-electron chi connectivity index (χ0n) is 12.3. The van der Waals surface area contributed by atoms with E-state index in [2.05, 4.69) is 33.0 Å². The van der Waals surface area contributed by atoms with E-state index in [1.165, 1.54) is 38.5 Å². The molecule has 2 heteroatoms. The maximum atomic E-state index is 11.1. The van der Waals surface area contributed by atoms with Crippen LogP contribution in [0.4, 0.5) is 0 Å². The molecule has 0 aromatic rings. The van der Waals surface area contributed by atoms with Crippen molar-refractivity contribution >= 4 is 5.91 Å². The highest BCUT2D eigenvalue weighted by Gasteiger charge is 2.35. The molecule has 1 heterocycles. The van der Waals surface area contributed by atoms with Gasteiger partial charge < -0.3 is 5.32 Å². The summed E-state index contributed by atoms with van der Waals surface area (Å²) >= 11 is 0. The summed E-state index contributed by atoms with van der Waals surface area (Å²) in [6.45, 7) is 9.72. The summed E-state index contributed by atoms with van der Waals surface area (Å²) in [5, 5.41) is 2.93. The lowest BCUT2D eigenvalue weighted by molar-refractivity contribution is -0.119. The number of unbranched alkanes of at least 4 members (excludes halogenated alkanes) is 3. The second kappa shape index (κ2) is 9.49. The molecule has 1 fully saturated rings. The topological polar surface area (TPSA) is 29.1 Å². The zero-order valence-corrected chi connectivity index (χ0v) is 12.3. The van der Waals surface area contributed by atoms with Crippen LogP contribution in [0.15, 0.2) is 0 Å². The van der Waals surface area contributed by atoms with Crippen LogP contribution in [-0.4, -0.2) is 12.5 Å². The van der Waals surface area contributed by atoms with Crippen LogP contribution in [0.3, 0.4) is 0 Å². The van der Waals surface area contributed by atoms with Gasteiger partial charge in [0, 0.05) is 13.0 Å². The van der Waals surface area contributed by atoms with Gasteiger partial charge in [-0.15, -0.1) is 0 Å². The largest absolute Gasteiger partial charge is 0.356 e. The maximum Gasteiger partial charge on any atom is 0.220 e. The number of hydrogen-bond donors (Lipinski definition) is 1. The lowest BCUT2D eigenvalue weighted by Crippen LogP contribution is -2.23. The smallest absolute Gasteiger partial charge is 0.220 e. The molecule has 0 aromatic heterocycles. The Morgan fingerprint density at radius 2 is 1.65 bits per heavy atom. The average Bonchev–Trinajstić information content (AvgIpc) is 2.71. The van der Waals surface area contributed by atoms with Gasteiger partial charge in [-0.1, -0.05) is 59.8 Å². The van der Waals surface area contributed by atoms with Crippen LogP contribution in [0.5, 0.6) is 0 Å². The van der Waals surface area contributed by atoms with Gasteiger partial charge in [-0.3, -0.25) is 4.79 Å². The minimum absolute atomic E-state index is 0.243. The van der Waals surface area contributed by atoms with E-state index in [1.54, 1.807) is 0 Å². The van der Waals surface area contributed by atoms with Gasteiger partial charge in [-0.2, -0.15) is 0 Å². The van der Waals surface area contributed by atoms with Gasteiger partial charge in [0.05, 0.1) is 0 Å². The summed E-state index contributed by atoms with van der Waals surface area (Å²) in [5.41, 5.74) is 0.299. The Bertz CT molecular complexity index is 201. The first-order valence-corrected chi connectivity index (χ1v) is 7.40. The quantitative estimate of drug-likeness (QED) is 0.738. The molecule has 1 aliphatic rings. The highest BCUT2D eigenvalue weighted by atomic mass is 16.1. The lowest BCUT2D eigenvalue weighted by atomic mass is 9.79. The van der Waals surface area contributed by atoms with Crippen LogP contribution in [0.25, 0.3) is 0 Å². The third-order valence-electron chi connectivity index (χ3n) is 3.71. The van der Waals surface area contributed by atoms with Crippen molar-refractivity contribution in [1.29, 1.82) is 0 Å². The molecule has 0 bridgehead atoms. The van der Waals surface area contributed by atoms with E-state index < -0.39 is 0 Å². The molecule has 1 amide bonds. The van der Waals surface area contributed by atoms with Crippen LogP contribution in [-0.2, 0) is 4.79 Å². The summed E-state index contributed by atoms with van der Waals surface area (Å²) < 4.78 is 0. The molecule has 1 rings (SSSR count). The van der Waals surface area contributed by atoms with Crippen molar-refractivity contribution in [3.8, 4) is 0 Å². The van der Waals surface area contributed by atoms with Gasteiger partial charge in [-0.05, 0) is 18.3 Å². The van der Waals surface area contributed by atoms with Crippen molar-refractivity contribution in [2.45, 2.75) is 79.1 Å². The second-order valence-electron chi connectivity index (χ2n) is 5.26. The molecule has 0 saturated carbocycles. The summed E-state index contributed by atoms with van der Waals surface area (Å²) in [4.78, 5) is 11.1. The van der Waals surface area contributed by atoms with E-state index in [4.69, 9.17) is 0 Å². The molecule has 0 aromatic carbocycles. The zero-order chi connectivity index (χ0) is 13.1. The Morgan fingerprint density at radius 1 is 1.06 bits per heavy atom. The van der Waals surface area contributed by atoms with E-state index in [1.807, 2.05) is 0 Å². The SMILES string of the molecule is CCCCC.CCCCC1(CC)CNC(=O)C1. The Labute approximate surface area is 108 Å². The molecule has 1 aliphatic heterocycles. The monoisotopic (exact) mass is 241 g/mol. The molecule has 1 N–H and O–H groups in total. The van der Waals surface area contributed by atoms with Gasteiger partial charge in [0.2, 0.25) is 5.91 Å². The molecular formula is C15H31NO. The Hall–Kier alpha value is -0.530. The molecule has 1 atom stereocenters. The summed E-state index contributed by atoms with van der Waals surface area (Å²) in [6, 6.07) is 0. The molecule has 17 heavy (non-hydrogen) atoms. The fourth-order valence-electron chi connectivity index (χ4n) is 2.26. The lowest BCUT2D eigenvalue weighted by Gasteiger charge is -2.24. The van der Waals surface area contributed by atoms with Gasteiger partial charge in [-0.25, -0.2) is 0 Å². The number of carbonyl (C=O) groups excluding carboxylic acids is 1. The number of amides is 1. The number of carbonyl (C=O) groups is 1. The first-order valence-electron chi connectivity index (χ1n) is 7.40. The molecule has 0 spiro atoms. The van der Waals surface area contributed by atoms with E-state index in [0.717, 1.165) is 19.4 Å². The maximum absolute atomic E-state index is 11.1. The third-order valence-corrected chi connectivity index (χ3v) is 3.71. The molecule has 0 aliphatic carbocycles. The van der Waals surface area contributed by atoms with Crippen molar-refractivity contribution in [2.75, 3.05) is 6.54 Å². The standard InChI is InChI=1S/C10H19NO.C5H12/c1-3-5-6-10(4-2)7-9(12)11-8-10;1-3-5-4-2/h3-8H2,1-2H3,(H,11,12);3-5H2,1-2H3. The van der Waals surface area contributed by atoms with Crippen molar-refractivity contribution in [1.82, 2.24) is 5.32 Å². The molecule has 2 nitrogen and oxygen atoms in total. The van der Waals surface area contributed by atoms with Crippen LogP contribution in [0.2, 0.25) is 0 Å². The van der Waals surface area contributed by atoms with Gasteiger partial charge in [0.25, 0.3) is 0 Å². The van der Waals surface area contributed by atoms with Crippen LogP contribution >= 0.6 is 0 Å². The van der Waals surface area contributed by atoms with Crippen molar-refractivity contribution in [2.24, 2.45) is 5.41 Å². The normalized spacial score (nSPS) is 22.9. The predicted molar refractivity (Wildman–Crippen MR) is 75.1 cm³/mol. The fraction of sp³-hybridized carbons (Fsp3) is 0.933. The summed E-state index contributed by atoms with van der Waals surface area (Å²) in [6.07, 6.45) is 9.65. The van der Waals surface area contributed by atoms with E-state index in [-0.39, 0.29) is 5.91 Å². The number of nitrogens with one attached hydrogen (secondary N) is 1. The highest BCUT2D eigenvalue weighted by molar-refractivity contribution is 5.79. The van der Waals surface area contributed by atoms with Crippen molar-refractivity contribution < 1.29 is 4.79 Å². The second-order valence-corrected chi connectivity index (χ2v) is 5.26. The number of rotatable bonds is 6. The van der Waals surface area contributed by atoms with Crippen LogP contribution in [0, 0.1) is 5.41 Å². The van der Waals surface area contributed by atoms with Crippen LogP contribution in [0.1, 0.15) is 79.1 Å². The van der Waals surface area contributed by atoms with E-state index in [9.17, 15) is 4.79 Å². The van der Waals surface area contributed by atoms with Gasteiger partial charge >= 0.3 is 0 Å². The minimum Gasteiger partial charge on any atom is -0.356 e. The van der Waals surface area contributed by atoms with Crippen molar-refractivity contribution in [3.63, 3.8) is 0 Å². The van der Waals surface area contributed by atoms with Crippen molar-refractivity contribution in [3.05, 3.63) is 0 Å². The summed E-state index contributed by atoms with van der Waals surface area (Å²) in [5.74, 6) is 0.243. The molecule has 102 valence electrons. The minimum atomic E-state index is 0.243. The molecule has 0 radical (unpaired) electrons.